The fourth-order valence-electron chi connectivity index (χ4n) is 4.79. The van der Waals surface area contributed by atoms with Crippen molar-refractivity contribution >= 4 is 17.3 Å². The van der Waals surface area contributed by atoms with E-state index in [0.29, 0.717) is 25.6 Å². The van der Waals surface area contributed by atoms with Crippen LogP contribution in [0.25, 0.3) is 0 Å². The number of rotatable bonds is 4. The Kier molecular flexibility index (Phi) is 16.1. The smallest absolute Gasteiger partial charge is 0.253 e. The summed E-state index contributed by atoms with van der Waals surface area (Å²) in [6.45, 7) is 13.2. The minimum Gasteiger partial charge on any atom is -0.337 e. The minimum absolute atomic E-state index is 0.0403. The highest BCUT2D eigenvalue weighted by Gasteiger charge is 2.32. The van der Waals surface area contributed by atoms with E-state index in [1.807, 2.05) is 51.2 Å². The quantitative estimate of drug-likeness (QED) is 0.395. The van der Waals surface area contributed by atoms with Gasteiger partial charge in [-0.1, -0.05) is 103 Å². The van der Waals surface area contributed by atoms with Gasteiger partial charge in [-0.25, -0.2) is 0 Å². The SMILES string of the molecule is CC.CC(C)C.CC1=NN=C(c2ccc(CN(C)C(=O)c3ccccc3)cc2)C2CCCCCCC12.C[18F]. The lowest BCUT2D eigenvalue weighted by Crippen LogP contribution is -2.33. The number of alkyl halides is 1. The lowest BCUT2D eigenvalue weighted by atomic mass is 9.74. The molecule has 0 N–H and O–H groups in total. The summed E-state index contributed by atoms with van der Waals surface area (Å²) < 4.78 is 9.50. The zero-order chi connectivity index (χ0) is 28.5. The third kappa shape index (κ3) is 10.5. The largest absolute Gasteiger partial charge is 0.337 e. The second-order valence-electron chi connectivity index (χ2n) is 10.4. The summed E-state index contributed by atoms with van der Waals surface area (Å²) in [5.74, 6) is 1.89. The molecule has 4 rings (SSSR count). The van der Waals surface area contributed by atoms with Gasteiger partial charge < -0.3 is 4.90 Å². The predicted octanol–water partition coefficient (Wildman–Crippen LogP) is 9.00. The second kappa shape index (κ2) is 18.4. The van der Waals surface area contributed by atoms with E-state index in [0.717, 1.165) is 22.8 Å². The topological polar surface area (TPSA) is 45.0 Å². The van der Waals surface area contributed by atoms with Crippen molar-refractivity contribution in [3.8, 4) is 0 Å². The van der Waals surface area contributed by atoms with Gasteiger partial charge >= 0.3 is 0 Å². The normalized spacial score (nSPS) is 18.3. The maximum Gasteiger partial charge on any atom is 0.253 e. The maximum atomic E-state index is 12.6. The number of carbonyl (C=O) groups excluding carboxylic acids is 1. The summed E-state index contributed by atoms with van der Waals surface area (Å²) in [5, 5.41) is 9.16. The first kappa shape index (κ1) is 33.2. The fourth-order valence-corrected chi connectivity index (χ4v) is 4.79. The van der Waals surface area contributed by atoms with Crippen LogP contribution in [-0.4, -0.2) is 36.5 Å². The highest BCUT2D eigenvalue weighted by Crippen LogP contribution is 2.34. The average molecular weight is 523 g/mol. The Balaban J connectivity index is 0.000000811. The third-order valence-corrected chi connectivity index (χ3v) is 6.51. The summed E-state index contributed by atoms with van der Waals surface area (Å²) >= 11 is 0. The van der Waals surface area contributed by atoms with Crippen LogP contribution < -0.4 is 0 Å². The summed E-state index contributed by atoms with van der Waals surface area (Å²) in [4.78, 5) is 14.4. The Hall–Kier alpha value is -2.82. The van der Waals surface area contributed by atoms with Crippen molar-refractivity contribution in [3.63, 3.8) is 0 Å². The van der Waals surface area contributed by atoms with Crippen LogP contribution in [0.2, 0.25) is 0 Å². The molecule has 0 spiro atoms. The van der Waals surface area contributed by atoms with Gasteiger partial charge in [0.15, 0.2) is 0 Å². The van der Waals surface area contributed by atoms with E-state index in [4.69, 9.17) is 0 Å². The Morgan fingerprint density at radius 2 is 1.39 bits per heavy atom. The maximum absolute atomic E-state index is 12.6. The van der Waals surface area contributed by atoms with Gasteiger partial charge in [0.05, 0.1) is 12.9 Å². The highest BCUT2D eigenvalue weighted by atomic mass is 18.2. The standard InChI is InChI=1S/C26H31N3O.C4H10.C2H6.CH3F/c1-19-23-12-8-3-4-9-13-24(23)25(28-27-19)21-16-14-20(15-17-21)18-29(2)26(30)22-10-6-5-7-11-22;1-4(2)3;2*1-2/h5-7,10-11,14-17,23-24H,3-4,8-9,12-13,18H2,1-2H3;4H,1-3H3;1-2H3;1H3/i;;;2-1. The van der Waals surface area contributed by atoms with E-state index in [1.54, 1.807) is 4.90 Å². The molecular weight excluding hydrogens is 472 g/mol. The van der Waals surface area contributed by atoms with Crippen molar-refractivity contribution in [2.24, 2.45) is 28.0 Å². The van der Waals surface area contributed by atoms with Crippen LogP contribution in [0.4, 0.5) is 4.39 Å². The van der Waals surface area contributed by atoms with Crippen LogP contribution in [0.15, 0.2) is 64.8 Å². The summed E-state index contributed by atoms with van der Waals surface area (Å²) in [6, 6.07) is 18.0. The zero-order valence-electron chi connectivity index (χ0n) is 25.0. The number of amides is 1. The van der Waals surface area contributed by atoms with Gasteiger partial charge in [-0.3, -0.25) is 9.18 Å². The first-order valence-corrected chi connectivity index (χ1v) is 14.3. The molecule has 1 aliphatic heterocycles. The van der Waals surface area contributed by atoms with Crippen LogP contribution in [0.3, 0.4) is 0 Å². The molecule has 0 saturated heterocycles. The van der Waals surface area contributed by atoms with Crippen LogP contribution in [0, 0.1) is 17.8 Å². The van der Waals surface area contributed by atoms with E-state index in [-0.39, 0.29) is 5.91 Å². The first-order valence-electron chi connectivity index (χ1n) is 14.3. The number of hydrogen-bond acceptors (Lipinski definition) is 3. The molecule has 0 bridgehead atoms. The van der Waals surface area contributed by atoms with E-state index < -0.39 is 0 Å². The molecule has 2 atom stereocenters. The zero-order valence-corrected chi connectivity index (χ0v) is 25.0. The van der Waals surface area contributed by atoms with Crippen molar-refractivity contribution in [3.05, 3.63) is 71.3 Å². The summed E-state index contributed by atoms with van der Waals surface area (Å²) in [5.41, 5.74) is 5.35. The number of carbonyl (C=O) groups is 1. The Morgan fingerprint density at radius 3 is 1.95 bits per heavy atom. The molecule has 210 valence electrons. The van der Waals surface area contributed by atoms with Gasteiger partial charge in [0.25, 0.3) is 5.91 Å². The molecule has 5 heteroatoms. The van der Waals surface area contributed by atoms with Crippen LogP contribution in [-0.2, 0) is 6.54 Å². The molecule has 1 aliphatic carbocycles. The molecular formula is C33H50FN3O. The van der Waals surface area contributed by atoms with Gasteiger partial charge in [-0.05, 0) is 48.9 Å². The summed E-state index contributed by atoms with van der Waals surface area (Å²) in [7, 11) is 2.35. The van der Waals surface area contributed by atoms with Gasteiger partial charge in [-0.2, -0.15) is 10.2 Å². The van der Waals surface area contributed by atoms with Crippen molar-refractivity contribution in [1.29, 1.82) is 0 Å². The number of halogens is 1. The van der Waals surface area contributed by atoms with E-state index in [2.05, 4.69) is 62.2 Å². The Morgan fingerprint density at radius 1 is 0.868 bits per heavy atom. The lowest BCUT2D eigenvalue weighted by Gasteiger charge is -2.32. The van der Waals surface area contributed by atoms with Gasteiger partial charge in [0.2, 0.25) is 0 Å². The highest BCUT2D eigenvalue weighted by molar-refractivity contribution is 6.06. The van der Waals surface area contributed by atoms with Gasteiger partial charge in [0.1, 0.15) is 0 Å². The third-order valence-electron chi connectivity index (χ3n) is 6.51. The first-order chi connectivity index (χ1) is 18.4. The number of hydrogen-bond donors (Lipinski definition) is 0. The number of benzene rings is 2. The monoisotopic (exact) mass is 522 g/mol. The molecule has 2 aromatic rings. The van der Waals surface area contributed by atoms with Gasteiger partial charge in [-0.15, -0.1) is 0 Å². The van der Waals surface area contributed by atoms with Crippen molar-refractivity contribution < 1.29 is 9.18 Å². The molecule has 2 aromatic carbocycles. The Bertz CT molecular complexity index is 980. The van der Waals surface area contributed by atoms with E-state index in [9.17, 15) is 9.18 Å². The molecule has 1 saturated carbocycles. The molecule has 0 radical (unpaired) electrons. The minimum atomic E-state index is 0.0403. The molecule has 2 aliphatic rings. The molecule has 1 amide bonds. The lowest BCUT2D eigenvalue weighted by molar-refractivity contribution is 0.0785. The van der Waals surface area contributed by atoms with Gasteiger partial charge in [0, 0.05) is 36.7 Å². The van der Waals surface area contributed by atoms with Crippen LogP contribution in [0.5, 0.6) is 0 Å². The van der Waals surface area contributed by atoms with Crippen LogP contribution in [0.1, 0.15) is 102 Å². The molecule has 1 fully saturated rings. The molecule has 2 unspecified atom stereocenters. The number of nitrogens with zero attached hydrogens (tertiary/aromatic N) is 3. The van der Waals surface area contributed by atoms with E-state index >= 15 is 0 Å². The second-order valence-corrected chi connectivity index (χ2v) is 10.4. The fraction of sp³-hybridized carbons (Fsp3) is 0.545. The molecule has 4 nitrogen and oxygen atoms in total. The predicted molar refractivity (Wildman–Crippen MR) is 162 cm³/mol. The Labute approximate surface area is 231 Å². The van der Waals surface area contributed by atoms with Crippen LogP contribution >= 0.6 is 0 Å². The molecule has 0 aromatic heterocycles. The van der Waals surface area contributed by atoms with Crippen molar-refractivity contribution in [1.82, 2.24) is 4.90 Å². The molecule has 38 heavy (non-hydrogen) atoms. The van der Waals surface area contributed by atoms with Crippen molar-refractivity contribution in [2.75, 3.05) is 14.2 Å². The van der Waals surface area contributed by atoms with Crippen molar-refractivity contribution in [2.45, 2.75) is 86.6 Å². The molecule has 1 heterocycles. The number of fused-ring (bicyclic) bond motifs is 1. The summed E-state index contributed by atoms with van der Waals surface area (Å²) in [6.07, 6.45) is 7.66. The average Bonchev–Trinajstić information content (AvgIpc) is 2.92. The van der Waals surface area contributed by atoms with E-state index in [1.165, 1.54) is 49.8 Å².